The maximum absolute atomic E-state index is 13.0. The first-order chi connectivity index (χ1) is 9.25. The Hall–Kier alpha value is -1.68. The predicted octanol–water partition coefficient (Wildman–Crippen LogP) is 3.40. The van der Waals surface area contributed by atoms with Crippen LogP contribution in [0.25, 0.3) is 0 Å². The van der Waals surface area contributed by atoms with Crippen molar-refractivity contribution in [1.82, 2.24) is 0 Å². The molecule has 0 radical (unpaired) electrons. The van der Waals surface area contributed by atoms with Gasteiger partial charge in [-0.05, 0) is 36.8 Å². The topological polar surface area (TPSA) is 26.3 Å². The lowest BCUT2D eigenvalue weighted by atomic mass is 10.3. The fourth-order valence-electron chi connectivity index (χ4n) is 1.62. The second-order valence-corrected chi connectivity index (χ2v) is 5.59. The van der Waals surface area contributed by atoms with E-state index < -0.39 is 10.8 Å². The van der Waals surface area contributed by atoms with Gasteiger partial charge in [-0.2, -0.15) is 0 Å². The first-order valence-corrected chi connectivity index (χ1v) is 7.39. The van der Waals surface area contributed by atoms with Crippen molar-refractivity contribution in [2.45, 2.75) is 11.3 Å². The molecule has 0 saturated carbocycles. The van der Waals surface area contributed by atoms with Crippen LogP contribution in [0.5, 0.6) is 5.75 Å². The third kappa shape index (κ3) is 4.48. The van der Waals surface area contributed by atoms with E-state index in [0.717, 1.165) is 5.75 Å². The molecule has 0 aliphatic heterocycles. The maximum atomic E-state index is 13.0. The smallest absolute Gasteiger partial charge is 0.124 e. The number of halogens is 1. The summed E-state index contributed by atoms with van der Waals surface area (Å²) >= 11 is 0. The Labute approximate surface area is 114 Å². The van der Waals surface area contributed by atoms with E-state index in [4.69, 9.17) is 4.74 Å². The molecule has 0 saturated heterocycles. The molecule has 2 nitrogen and oxygen atoms in total. The van der Waals surface area contributed by atoms with Crippen LogP contribution in [0.2, 0.25) is 0 Å². The van der Waals surface area contributed by atoms with E-state index in [1.54, 1.807) is 12.1 Å². The molecule has 1 atom stereocenters. The largest absolute Gasteiger partial charge is 0.494 e. The quantitative estimate of drug-likeness (QED) is 0.757. The van der Waals surface area contributed by atoms with E-state index in [-0.39, 0.29) is 5.82 Å². The van der Waals surface area contributed by atoms with Crippen molar-refractivity contribution in [3.05, 3.63) is 60.4 Å². The van der Waals surface area contributed by atoms with Gasteiger partial charge >= 0.3 is 0 Å². The minimum Gasteiger partial charge on any atom is -0.494 e. The van der Waals surface area contributed by atoms with E-state index in [2.05, 4.69) is 0 Å². The fraction of sp³-hybridized carbons (Fsp3) is 0.200. The average molecular weight is 278 g/mol. The molecule has 0 fully saturated rings. The van der Waals surface area contributed by atoms with Crippen LogP contribution in [0, 0.1) is 5.82 Å². The first-order valence-electron chi connectivity index (χ1n) is 6.07. The summed E-state index contributed by atoms with van der Waals surface area (Å²) < 4.78 is 30.4. The van der Waals surface area contributed by atoms with Gasteiger partial charge in [-0.3, -0.25) is 4.21 Å². The van der Waals surface area contributed by atoms with Gasteiger partial charge in [-0.25, -0.2) is 4.39 Å². The minimum atomic E-state index is -1.17. The highest BCUT2D eigenvalue weighted by atomic mass is 32.2. The van der Waals surface area contributed by atoms with Crippen molar-refractivity contribution in [3.63, 3.8) is 0 Å². The summed E-state index contributed by atoms with van der Waals surface area (Å²) in [4.78, 5) is 0.528. The molecule has 0 aliphatic carbocycles. The summed E-state index contributed by atoms with van der Waals surface area (Å²) in [5.74, 6) is 0.918. The highest BCUT2D eigenvalue weighted by molar-refractivity contribution is 7.85. The Bertz CT molecular complexity index is 543. The highest BCUT2D eigenvalue weighted by Crippen LogP contribution is 2.11. The van der Waals surface area contributed by atoms with E-state index in [0.29, 0.717) is 23.7 Å². The number of rotatable bonds is 6. The van der Waals surface area contributed by atoms with Crippen molar-refractivity contribution < 1.29 is 13.3 Å². The lowest BCUT2D eigenvalue weighted by Gasteiger charge is -2.06. The molecule has 4 heteroatoms. The summed E-state index contributed by atoms with van der Waals surface area (Å²) in [6.45, 7) is 0.505. The van der Waals surface area contributed by atoms with Crippen LogP contribution in [-0.4, -0.2) is 16.6 Å². The van der Waals surface area contributed by atoms with E-state index in [1.807, 2.05) is 30.3 Å². The molecule has 19 heavy (non-hydrogen) atoms. The van der Waals surface area contributed by atoms with E-state index >= 15 is 0 Å². The Morgan fingerprint density at radius 2 is 1.84 bits per heavy atom. The van der Waals surface area contributed by atoms with Gasteiger partial charge in [0.15, 0.2) is 0 Å². The Kier molecular flexibility index (Phi) is 5.10. The number of benzene rings is 2. The van der Waals surface area contributed by atoms with Gasteiger partial charge in [0, 0.05) is 10.6 Å². The van der Waals surface area contributed by atoms with Crippen molar-refractivity contribution >= 4 is 10.8 Å². The Balaban J connectivity index is 1.75. The SMILES string of the molecule is O=S(CCCOc1ccccc1)c1cccc(F)c1. The summed E-state index contributed by atoms with van der Waals surface area (Å²) in [5.41, 5.74) is 0. The molecular formula is C15H15FO2S. The number of hydrogen-bond donors (Lipinski definition) is 0. The maximum Gasteiger partial charge on any atom is 0.124 e. The van der Waals surface area contributed by atoms with Crippen LogP contribution in [0.3, 0.4) is 0 Å². The average Bonchev–Trinajstić information content (AvgIpc) is 2.44. The molecule has 0 amide bonds. The van der Waals surface area contributed by atoms with E-state index in [9.17, 15) is 8.60 Å². The Morgan fingerprint density at radius 3 is 2.58 bits per heavy atom. The number of ether oxygens (including phenoxy) is 1. The molecule has 0 N–H and O–H groups in total. The van der Waals surface area contributed by atoms with Gasteiger partial charge in [-0.1, -0.05) is 24.3 Å². The van der Waals surface area contributed by atoms with Crippen molar-refractivity contribution in [2.75, 3.05) is 12.4 Å². The van der Waals surface area contributed by atoms with Gasteiger partial charge in [0.25, 0.3) is 0 Å². The second kappa shape index (κ2) is 7.04. The van der Waals surface area contributed by atoms with Crippen LogP contribution < -0.4 is 4.74 Å². The highest BCUT2D eigenvalue weighted by Gasteiger charge is 2.04. The molecular weight excluding hydrogens is 263 g/mol. The second-order valence-electron chi connectivity index (χ2n) is 4.02. The normalized spacial score (nSPS) is 12.1. The lowest BCUT2D eigenvalue weighted by Crippen LogP contribution is -2.05. The summed E-state index contributed by atoms with van der Waals surface area (Å²) in [7, 11) is -1.17. The van der Waals surface area contributed by atoms with Gasteiger partial charge in [0.1, 0.15) is 11.6 Å². The van der Waals surface area contributed by atoms with Crippen LogP contribution >= 0.6 is 0 Å². The zero-order valence-electron chi connectivity index (χ0n) is 10.4. The van der Waals surface area contributed by atoms with Gasteiger partial charge in [-0.15, -0.1) is 0 Å². The van der Waals surface area contributed by atoms with Crippen molar-refractivity contribution in [3.8, 4) is 5.75 Å². The first kappa shape index (κ1) is 13.7. The molecule has 0 heterocycles. The van der Waals surface area contributed by atoms with Gasteiger partial charge in [0.2, 0.25) is 0 Å². The van der Waals surface area contributed by atoms with Crippen molar-refractivity contribution in [1.29, 1.82) is 0 Å². The zero-order chi connectivity index (χ0) is 13.5. The zero-order valence-corrected chi connectivity index (χ0v) is 11.2. The molecule has 1 unspecified atom stereocenters. The molecule has 0 aliphatic rings. The van der Waals surface area contributed by atoms with Crippen LogP contribution in [0.15, 0.2) is 59.5 Å². The van der Waals surface area contributed by atoms with Crippen molar-refractivity contribution in [2.24, 2.45) is 0 Å². The van der Waals surface area contributed by atoms with Gasteiger partial charge < -0.3 is 4.74 Å². The summed E-state index contributed by atoms with van der Waals surface area (Å²) in [6.07, 6.45) is 0.665. The monoisotopic (exact) mass is 278 g/mol. The summed E-state index contributed by atoms with van der Waals surface area (Å²) in [5, 5.41) is 0. The van der Waals surface area contributed by atoms with E-state index in [1.165, 1.54) is 12.1 Å². The molecule has 0 aromatic heterocycles. The van der Waals surface area contributed by atoms with Crippen LogP contribution in [0.4, 0.5) is 4.39 Å². The summed E-state index contributed by atoms with van der Waals surface area (Å²) in [6, 6.07) is 15.4. The third-order valence-corrected chi connectivity index (χ3v) is 3.98. The fourth-order valence-corrected chi connectivity index (χ4v) is 2.71. The van der Waals surface area contributed by atoms with Crippen LogP contribution in [-0.2, 0) is 10.8 Å². The van der Waals surface area contributed by atoms with Crippen LogP contribution in [0.1, 0.15) is 6.42 Å². The number of hydrogen-bond acceptors (Lipinski definition) is 2. The Morgan fingerprint density at radius 1 is 1.05 bits per heavy atom. The molecule has 0 bridgehead atoms. The predicted molar refractivity (Wildman–Crippen MR) is 74.2 cm³/mol. The number of para-hydroxylation sites is 1. The standard InChI is InChI=1S/C15H15FO2S/c16-13-6-4-9-15(12-13)19(17)11-5-10-18-14-7-2-1-3-8-14/h1-4,6-9,12H,5,10-11H2. The molecule has 0 spiro atoms. The molecule has 100 valence electrons. The molecule has 2 aromatic rings. The molecule has 2 rings (SSSR count). The molecule has 2 aromatic carbocycles. The lowest BCUT2D eigenvalue weighted by molar-refractivity contribution is 0.318. The minimum absolute atomic E-state index is 0.355. The van der Waals surface area contributed by atoms with Gasteiger partial charge in [0.05, 0.1) is 17.4 Å². The third-order valence-electron chi connectivity index (χ3n) is 2.54.